The molecule has 1 N–H and O–H groups in total. The molecule has 5 heteroatoms. The maximum absolute atomic E-state index is 5.78. The zero-order chi connectivity index (χ0) is 12.8. The first-order chi connectivity index (χ1) is 8.83. The molecule has 2 rings (SSSR count). The summed E-state index contributed by atoms with van der Waals surface area (Å²) in [6, 6.07) is 0. The molecule has 1 aliphatic heterocycles. The monoisotopic (exact) mass is 250 g/mol. The number of anilines is 2. The molecule has 0 aliphatic carbocycles. The Kier molecular flexibility index (Phi) is 4.75. The predicted octanol–water partition coefficient (Wildman–Crippen LogP) is 1.91. The summed E-state index contributed by atoms with van der Waals surface area (Å²) in [7, 11) is 0. The van der Waals surface area contributed by atoms with Crippen LogP contribution in [0.15, 0.2) is 12.4 Å². The highest BCUT2D eigenvalue weighted by Crippen LogP contribution is 2.17. The van der Waals surface area contributed by atoms with Crippen LogP contribution in [0.5, 0.6) is 0 Å². The molecule has 1 aromatic rings. The highest BCUT2D eigenvalue weighted by atomic mass is 16.5. The van der Waals surface area contributed by atoms with E-state index in [0.29, 0.717) is 6.10 Å². The number of hydrogen-bond acceptors (Lipinski definition) is 5. The maximum atomic E-state index is 5.78. The molecule has 0 amide bonds. The van der Waals surface area contributed by atoms with Gasteiger partial charge in [0.1, 0.15) is 11.6 Å². The lowest BCUT2D eigenvalue weighted by molar-refractivity contribution is 0.0664. The molecule has 1 saturated heterocycles. The minimum Gasteiger partial charge on any atom is -0.376 e. The van der Waals surface area contributed by atoms with Gasteiger partial charge >= 0.3 is 0 Å². The Morgan fingerprint density at radius 1 is 1.44 bits per heavy atom. The fourth-order valence-corrected chi connectivity index (χ4v) is 2.12. The second-order valence-electron chi connectivity index (χ2n) is 4.49. The Morgan fingerprint density at radius 2 is 2.33 bits per heavy atom. The van der Waals surface area contributed by atoms with Gasteiger partial charge in [-0.2, -0.15) is 0 Å². The topological polar surface area (TPSA) is 50.3 Å². The van der Waals surface area contributed by atoms with Crippen LogP contribution in [-0.4, -0.2) is 42.3 Å². The van der Waals surface area contributed by atoms with Gasteiger partial charge in [0.25, 0.3) is 0 Å². The molecule has 0 saturated carbocycles. The summed E-state index contributed by atoms with van der Waals surface area (Å²) in [5.41, 5.74) is 0. The molecular weight excluding hydrogens is 228 g/mol. The molecule has 0 aromatic carbocycles. The molecule has 18 heavy (non-hydrogen) atoms. The van der Waals surface area contributed by atoms with Crippen molar-refractivity contribution in [3.63, 3.8) is 0 Å². The van der Waals surface area contributed by atoms with E-state index in [1.165, 1.54) is 0 Å². The van der Waals surface area contributed by atoms with E-state index < -0.39 is 0 Å². The number of hydrogen-bond donors (Lipinski definition) is 1. The zero-order valence-electron chi connectivity index (χ0n) is 11.2. The van der Waals surface area contributed by atoms with Crippen molar-refractivity contribution in [1.82, 2.24) is 9.97 Å². The number of rotatable bonds is 4. The van der Waals surface area contributed by atoms with Crippen molar-refractivity contribution >= 4 is 11.6 Å². The lowest BCUT2D eigenvalue weighted by atomic mass is 10.2. The van der Waals surface area contributed by atoms with Crippen LogP contribution in [0, 0.1) is 0 Å². The van der Waals surface area contributed by atoms with Gasteiger partial charge in [0, 0.05) is 26.2 Å². The van der Waals surface area contributed by atoms with Crippen LogP contribution >= 0.6 is 0 Å². The standard InChI is InChI=1S/C13H22N4O/c1-3-11-10-17(6-5-7-18-11)13-9-14-8-12(16-13)15-4-2/h8-9,11H,3-7,10H2,1-2H3,(H,15,16). The Morgan fingerprint density at radius 3 is 3.11 bits per heavy atom. The number of nitrogens with zero attached hydrogens (tertiary/aromatic N) is 3. The van der Waals surface area contributed by atoms with E-state index in [1.807, 2.05) is 6.20 Å². The van der Waals surface area contributed by atoms with E-state index >= 15 is 0 Å². The average molecular weight is 250 g/mol. The molecule has 1 fully saturated rings. The number of aromatic nitrogens is 2. The average Bonchev–Trinajstić information content (AvgIpc) is 2.65. The number of ether oxygens (including phenoxy) is 1. The van der Waals surface area contributed by atoms with E-state index in [9.17, 15) is 0 Å². The van der Waals surface area contributed by atoms with Crippen LogP contribution in [0.1, 0.15) is 26.7 Å². The van der Waals surface area contributed by atoms with Gasteiger partial charge in [0.2, 0.25) is 0 Å². The molecule has 1 aliphatic rings. The van der Waals surface area contributed by atoms with Crippen LogP contribution in [0.3, 0.4) is 0 Å². The smallest absolute Gasteiger partial charge is 0.149 e. The van der Waals surface area contributed by atoms with Gasteiger partial charge in [-0.25, -0.2) is 4.98 Å². The van der Waals surface area contributed by atoms with Crippen molar-refractivity contribution in [3.8, 4) is 0 Å². The van der Waals surface area contributed by atoms with E-state index in [1.54, 1.807) is 6.20 Å². The summed E-state index contributed by atoms with van der Waals surface area (Å²) in [5.74, 6) is 1.78. The first-order valence-electron chi connectivity index (χ1n) is 6.76. The summed E-state index contributed by atoms with van der Waals surface area (Å²) in [6.45, 7) is 7.81. The van der Waals surface area contributed by atoms with Crippen molar-refractivity contribution in [2.75, 3.05) is 36.5 Å². The Hall–Kier alpha value is -1.36. The molecule has 0 radical (unpaired) electrons. The fraction of sp³-hybridized carbons (Fsp3) is 0.692. The molecule has 5 nitrogen and oxygen atoms in total. The first-order valence-corrected chi connectivity index (χ1v) is 6.76. The van der Waals surface area contributed by atoms with Crippen LogP contribution in [-0.2, 0) is 4.74 Å². The van der Waals surface area contributed by atoms with Gasteiger partial charge < -0.3 is 15.0 Å². The van der Waals surface area contributed by atoms with Crippen LogP contribution in [0.4, 0.5) is 11.6 Å². The molecule has 0 bridgehead atoms. The largest absolute Gasteiger partial charge is 0.376 e. The van der Waals surface area contributed by atoms with Crippen LogP contribution < -0.4 is 10.2 Å². The van der Waals surface area contributed by atoms with Gasteiger partial charge in [0.15, 0.2) is 0 Å². The van der Waals surface area contributed by atoms with Crippen molar-refractivity contribution in [3.05, 3.63) is 12.4 Å². The quantitative estimate of drug-likeness (QED) is 0.884. The third-order valence-corrected chi connectivity index (χ3v) is 3.11. The molecular formula is C13H22N4O. The van der Waals surface area contributed by atoms with Gasteiger partial charge in [-0.15, -0.1) is 0 Å². The summed E-state index contributed by atoms with van der Waals surface area (Å²) < 4.78 is 5.78. The van der Waals surface area contributed by atoms with Gasteiger partial charge in [-0.3, -0.25) is 4.98 Å². The number of nitrogens with one attached hydrogen (secondary N) is 1. The lowest BCUT2D eigenvalue weighted by Crippen LogP contribution is -2.32. The molecule has 1 unspecified atom stereocenters. The first kappa shape index (κ1) is 13.1. The van der Waals surface area contributed by atoms with Gasteiger partial charge in [-0.05, 0) is 19.8 Å². The molecule has 100 valence electrons. The van der Waals surface area contributed by atoms with Crippen LogP contribution in [0.25, 0.3) is 0 Å². The fourth-order valence-electron chi connectivity index (χ4n) is 2.12. The Balaban J connectivity index is 2.10. The summed E-state index contributed by atoms with van der Waals surface area (Å²) in [4.78, 5) is 11.1. The van der Waals surface area contributed by atoms with Crippen molar-refractivity contribution < 1.29 is 4.74 Å². The highest BCUT2D eigenvalue weighted by Gasteiger charge is 2.18. The minimum atomic E-state index is 0.303. The zero-order valence-corrected chi connectivity index (χ0v) is 11.2. The second-order valence-corrected chi connectivity index (χ2v) is 4.49. The molecule has 1 atom stereocenters. The predicted molar refractivity (Wildman–Crippen MR) is 73.1 cm³/mol. The van der Waals surface area contributed by atoms with Gasteiger partial charge in [-0.1, -0.05) is 6.92 Å². The van der Waals surface area contributed by atoms with E-state index in [0.717, 1.165) is 50.7 Å². The Bertz CT molecular complexity index is 372. The highest BCUT2D eigenvalue weighted by molar-refractivity contribution is 5.43. The van der Waals surface area contributed by atoms with Crippen molar-refractivity contribution in [2.45, 2.75) is 32.8 Å². The molecule has 0 spiro atoms. The van der Waals surface area contributed by atoms with E-state index in [-0.39, 0.29) is 0 Å². The SMILES string of the molecule is CCNc1cncc(N2CCCOC(CC)C2)n1. The summed E-state index contributed by atoms with van der Waals surface area (Å²) >= 11 is 0. The normalized spacial score (nSPS) is 20.6. The second kappa shape index (κ2) is 6.54. The minimum absolute atomic E-state index is 0.303. The third kappa shape index (κ3) is 3.32. The van der Waals surface area contributed by atoms with E-state index in [2.05, 4.69) is 34.0 Å². The van der Waals surface area contributed by atoms with E-state index in [4.69, 9.17) is 4.74 Å². The molecule has 2 heterocycles. The van der Waals surface area contributed by atoms with Crippen molar-refractivity contribution in [1.29, 1.82) is 0 Å². The summed E-state index contributed by atoms with van der Waals surface area (Å²) in [5, 5.41) is 3.20. The lowest BCUT2D eigenvalue weighted by Gasteiger charge is -2.24. The third-order valence-electron chi connectivity index (χ3n) is 3.11. The molecule has 1 aromatic heterocycles. The maximum Gasteiger partial charge on any atom is 0.149 e. The van der Waals surface area contributed by atoms with Crippen molar-refractivity contribution in [2.24, 2.45) is 0 Å². The van der Waals surface area contributed by atoms with Crippen LogP contribution in [0.2, 0.25) is 0 Å². The summed E-state index contributed by atoms with van der Waals surface area (Å²) in [6.07, 6.45) is 5.98. The Labute approximate surface area is 109 Å². The van der Waals surface area contributed by atoms with Gasteiger partial charge in [0.05, 0.1) is 18.5 Å².